The number of allylic oxidation sites excluding steroid dienone is 1. The average Bonchev–Trinajstić information content (AvgIpc) is 2.18. The lowest BCUT2D eigenvalue weighted by molar-refractivity contribution is -0.124. The highest BCUT2D eigenvalue weighted by atomic mass is 16.2. The quantitative estimate of drug-likeness (QED) is 0.666. The van der Waals surface area contributed by atoms with E-state index < -0.39 is 0 Å². The standard InChI is InChI=1S/C11H20N2O/c1-8(2)10(12)11(14)13-9-6-4-3-5-7-9/h3-4,8-10H,5-7,12H2,1-2H3,(H,13,14)/t9?,10-/m1/s1. The molecule has 1 unspecified atom stereocenters. The molecule has 0 bridgehead atoms. The van der Waals surface area contributed by atoms with E-state index in [0.29, 0.717) is 0 Å². The topological polar surface area (TPSA) is 55.1 Å². The van der Waals surface area contributed by atoms with Gasteiger partial charge in [-0.1, -0.05) is 26.0 Å². The minimum atomic E-state index is -0.374. The molecule has 0 aliphatic heterocycles. The number of hydrogen-bond donors (Lipinski definition) is 2. The molecule has 3 N–H and O–H groups in total. The van der Waals surface area contributed by atoms with Gasteiger partial charge in [-0.25, -0.2) is 0 Å². The Morgan fingerprint density at radius 1 is 1.50 bits per heavy atom. The fraction of sp³-hybridized carbons (Fsp3) is 0.727. The molecule has 1 aliphatic rings. The maximum Gasteiger partial charge on any atom is 0.237 e. The molecule has 0 spiro atoms. The number of carbonyl (C=O) groups excluding carboxylic acids is 1. The van der Waals surface area contributed by atoms with E-state index in [2.05, 4.69) is 17.5 Å². The maximum absolute atomic E-state index is 11.6. The van der Waals surface area contributed by atoms with Gasteiger partial charge in [-0.2, -0.15) is 0 Å². The van der Waals surface area contributed by atoms with Crippen LogP contribution < -0.4 is 11.1 Å². The second kappa shape index (κ2) is 5.15. The number of nitrogens with two attached hydrogens (primary N) is 1. The Labute approximate surface area is 85.7 Å². The van der Waals surface area contributed by atoms with E-state index in [1.807, 2.05) is 13.8 Å². The zero-order valence-electron chi connectivity index (χ0n) is 8.99. The van der Waals surface area contributed by atoms with Crippen molar-refractivity contribution in [2.75, 3.05) is 0 Å². The lowest BCUT2D eigenvalue weighted by Gasteiger charge is -2.23. The van der Waals surface area contributed by atoms with E-state index in [1.165, 1.54) is 0 Å². The number of nitrogens with one attached hydrogen (secondary N) is 1. The summed E-state index contributed by atoms with van der Waals surface area (Å²) in [4.78, 5) is 11.6. The Morgan fingerprint density at radius 2 is 2.21 bits per heavy atom. The predicted molar refractivity (Wildman–Crippen MR) is 57.7 cm³/mol. The third kappa shape index (κ3) is 3.14. The predicted octanol–water partition coefficient (Wildman–Crippen LogP) is 1.19. The van der Waals surface area contributed by atoms with Crippen molar-refractivity contribution < 1.29 is 4.79 Å². The summed E-state index contributed by atoms with van der Waals surface area (Å²) < 4.78 is 0. The van der Waals surface area contributed by atoms with Crippen LogP contribution >= 0.6 is 0 Å². The summed E-state index contributed by atoms with van der Waals surface area (Å²) in [6.45, 7) is 3.93. The molecular weight excluding hydrogens is 176 g/mol. The summed E-state index contributed by atoms with van der Waals surface area (Å²) >= 11 is 0. The van der Waals surface area contributed by atoms with Crippen LogP contribution in [0.2, 0.25) is 0 Å². The third-order valence-electron chi connectivity index (χ3n) is 2.64. The van der Waals surface area contributed by atoms with Gasteiger partial charge in [0.05, 0.1) is 6.04 Å². The summed E-state index contributed by atoms with van der Waals surface area (Å²) in [7, 11) is 0. The Bertz CT molecular complexity index is 223. The third-order valence-corrected chi connectivity index (χ3v) is 2.64. The molecule has 80 valence electrons. The largest absolute Gasteiger partial charge is 0.352 e. The molecule has 0 heterocycles. The molecule has 1 aliphatic carbocycles. The molecular formula is C11H20N2O. The van der Waals surface area contributed by atoms with Crippen LogP contribution in [0.1, 0.15) is 33.1 Å². The molecule has 1 amide bonds. The van der Waals surface area contributed by atoms with Gasteiger partial charge in [0, 0.05) is 6.04 Å². The van der Waals surface area contributed by atoms with Crippen molar-refractivity contribution in [2.45, 2.75) is 45.2 Å². The minimum Gasteiger partial charge on any atom is -0.352 e. The highest BCUT2D eigenvalue weighted by Gasteiger charge is 2.20. The van der Waals surface area contributed by atoms with Crippen LogP contribution in [0, 0.1) is 5.92 Å². The maximum atomic E-state index is 11.6. The number of amides is 1. The van der Waals surface area contributed by atoms with Gasteiger partial charge < -0.3 is 11.1 Å². The van der Waals surface area contributed by atoms with Crippen molar-refractivity contribution >= 4 is 5.91 Å². The van der Waals surface area contributed by atoms with Crippen molar-refractivity contribution in [3.05, 3.63) is 12.2 Å². The summed E-state index contributed by atoms with van der Waals surface area (Å²) in [6, 6.07) is -0.0850. The van der Waals surface area contributed by atoms with Gasteiger partial charge in [-0.3, -0.25) is 4.79 Å². The highest BCUT2D eigenvalue weighted by Crippen LogP contribution is 2.11. The van der Waals surface area contributed by atoms with Crippen LogP contribution in [0.4, 0.5) is 0 Å². The van der Waals surface area contributed by atoms with E-state index in [4.69, 9.17) is 5.73 Å². The monoisotopic (exact) mass is 196 g/mol. The molecule has 0 aromatic carbocycles. The fourth-order valence-electron chi connectivity index (χ4n) is 1.52. The van der Waals surface area contributed by atoms with E-state index in [-0.39, 0.29) is 23.9 Å². The van der Waals surface area contributed by atoms with E-state index in [0.717, 1.165) is 19.3 Å². The Kier molecular flexibility index (Phi) is 4.14. The fourth-order valence-corrected chi connectivity index (χ4v) is 1.52. The molecule has 14 heavy (non-hydrogen) atoms. The van der Waals surface area contributed by atoms with Gasteiger partial charge >= 0.3 is 0 Å². The lowest BCUT2D eigenvalue weighted by Crippen LogP contribution is -2.47. The van der Waals surface area contributed by atoms with Crippen molar-refractivity contribution in [1.82, 2.24) is 5.32 Å². The number of carbonyl (C=O) groups is 1. The van der Waals surface area contributed by atoms with Crippen LogP contribution in [0.25, 0.3) is 0 Å². The molecule has 0 saturated carbocycles. The molecule has 0 saturated heterocycles. The molecule has 1 rings (SSSR count). The zero-order chi connectivity index (χ0) is 10.6. The first-order valence-corrected chi connectivity index (χ1v) is 5.32. The second-order valence-corrected chi connectivity index (χ2v) is 4.26. The molecule has 3 nitrogen and oxygen atoms in total. The van der Waals surface area contributed by atoms with Crippen molar-refractivity contribution in [3.63, 3.8) is 0 Å². The normalized spacial score (nSPS) is 23.6. The first-order chi connectivity index (χ1) is 6.61. The first-order valence-electron chi connectivity index (χ1n) is 5.32. The van der Waals surface area contributed by atoms with Crippen molar-refractivity contribution in [2.24, 2.45) is 11.7 Å². The average molecular weight is 196 g/mol. The molecule has 0 fully saturated rings. The lowest BCUT2D eigenvalue weighted by atomic mass is 10.00. The molecule has 2 atom stereocenters. The summed E-state index contributed by atoms with van der Waals surface area (Å²) in [5.74, 6) is 0.189. The van der Waals surface area contributed by atoms with Crippen molar-refractivity contribution in [3.8, 4) is 0 Å². The summed E-state index contributed by atoms with van der Waals surface area (Å²) in [5, 5.41) is 2.98. The van der Waals surface area contributed by atoms with Crippen molar-refractivity contribution in [1.29, 1.82) is 0 Å². The van der Waals surface area contributed by atoms with E-state index >= 15 is 0 Å². The number of hydrogen-bond acceptors (Lipinski definition) is 2. The molecule has 0 radical (unpaired) electrons. The highest BCUT2D eigenvalue weighted by molar-refractivity contribution is 5.82. The smallest absolute Gasteiger partial charge is 0.237 e. The number of rotatable bonds is 3. The Morgan fingerprint density at radius 3 is 2.71 bits per heavy atom. The summed E-state index contributed by atoms with van der Waals surface area (Å²) in [5.41, 5.74) is 5.75. The Hall–Kier alpha value is -0.830. The van der Waals surface area contributed by atoms with Crippen LogP contribution in [-0.2, 0) is 4.79 Å². The van der Waals surface area contributed by atoms with E-state index in [9.17, 15) is 4.79 Å². The summed E-state index contributed by atoms with van der Waals surface area (Å²) in [6.07, 6.45) is 7.31. The van der Waals surface area contributed by atoms with E-state index in [1.54, 1.807) is 0 Å². The second-order valence-electron chi connectivity index (χ2n) is 4.26. The van der Waals surface area contributed by atoms with Gasteiger partial charge in [0.25, 0.3) is 0 Å². The van der Waals surface area contributed by atoms with Crippen LogP contribution in [0.5, 0.6) is 0 Å². The van der Waals surface area contributed by atoms with Crippen LogP contribution in [-0.4, -0.2) is 18.0 Å². The molecule has 3 heteroatoms. The van der Waals surface area contributed by atoms with Gasteiger partial charge in [0.2, 0.25) is 5.91 Å². The van der Waals surface area contributed by atoms with Gasteiger partial charge in [-0.15, -0.1) is 0 Å². The van der Waals surface area contributed by atoms with Crippen LogP contribution in [0.15, 0.2) is 12.2 Å². The SMILES string of the molecule is CC(C)[C@@H](N)C(=O)NC1CC=CCC1. The van der Waals surface area contributed by atoms with Gasteiger partial charge in [0.15, 0.2) is 0 Å². The zero-order valence-corrected chi connectivity index (χ0v) is 8.99. The first kappa shape index (κ1) is 11.2. The van der Waals surface area contributed by atoms with Crippen LogP contribution in [0.3, 0.4) is 0 Å². The van der Waals surface area contributed by atoms with Gasteiger partial charge in [-0.05, 0) is 25.2 Å². The van der Waals surface area contributed by atoms with Gasteiger partial charge in [0.1, 0.15) is 0 Å². The minimum absolute atomic E-state index is 0.0136. The molecule has 0 aromatic heterocycles. The molecule has 0 aromatic rings. The Balaban J connectivity index is 2.36.